The van der Waals surface area contributed by atoms with E-state index in [1.165, 1.54) is 18.4 Å². The third kappa shape index (κ3) is 5.59. The lowest BCUT2D eigenvalue weighted by atomic mass is 10.1. The van der Waals surface area contributed by atoms with E-state index < -0.39 is 0 Å². The number of anilines is 1. The Morgan fingerprint density at radius 3 is 2.47 bits per heavy atom. The van der Waals surface area contributed by atoms with Crippen LogP contribution in [0, 0.1) is 13.8 Å². The Morgan fingerprint density at radius 1 is 1.09 bits per heavy atom. The highest BCUT2D eigenvalue weighted by Gasteiger charge is 2.14. The van der Waals surface area contributed by atoms with Crippen molar-refractivity contribution in [2.45, 2.75) is 40.0 Å². The Balaban J connectivity index is 1.47. The maximum atomic E-state index is 12.5. The zero-order chi connectivity index (χ0) is 24.2. The van der Waals surface area contributed by atoms with Crippen molar-refractivity contribution in [2.75, 3.05) is 11.9 Å². The molecule has 6 nitrogen and oxygen atoms in total. The van der Waals surface area contributed by atoms with Gasteiger partial charge in [0.2, 0.25) is 0 Å². The quantitative estimate of drug-likeness (QED) is 0.266. The molecule has 0 bridgehead atoms. The zero-order valence-corrected chi connectivity index (χ0v) is 21.7. The van der Waals surface area contributed by atoms with Gasteiger partial charge in [0.25, 0.3) is 5.91 Å². The van der Waals surface area contributed by atoms with Crippen molar-refractivity contribution in [3.05, 3.63) is 74.7 Å². The van der Waals surface area contributed by atoms with Crippen molar-refractivity contribution in [3.8, 4) is 11.4 Å². The van der Waals surface area contributed by atoms with Crippen LogP contribution >= 0.6 is 27.5 Å². The van der Waals surface area contributed by atoms with E-state index in [2.05, 4.69) is 50.5 Å². The van der Waals surface area contributed by atoms with Crippen molar-refractivity contribution < 1.29 is 9.53 Å². The van der Waals surface area contributed by atoms with Gasteiger partial charge in [-0.3, -0.25) is 4.79 Å². The predicted molar refractivity (Wildman–Crippen MR) is 140 cm³/mol. The Hall–Kier alpha value is -2.90. The number of amides is 1. The summed E-state index contributed by atoms with van der Waals surface area (Å²) in [5, 5.41) is 12.3. The minimum atomic E-state index is -0.316. The summed E-state index contributed by atoms with van der Waals surface area (Å²) in [6, 6.07) is 15.6. The Bertz CT molecular complexity index is 1310. The molecule has 3 aromatic carbocycles. The number of ether oxygens (including phenoxy) is 1. The maximum Gasteiger partial charge on any atom is 0.262 e. The number of nitrogens with one attached hydrogen (secondary N) is 1. The second kappa shape index (κ2) is 10.6. The number of nitrogens with zero attached hydrogens (tertiary/aromatic N) is 3. The Kier molecular flexibility index (Phi) is 7.54. The molecule has 1 amide bonds. The van der Waals surface area contributed by atoms with Gasteiger partial charge < -0.3 is 10.1 Å². The minimum absolute atomic E-state index is 0.145. The Morgan fingerprint density at radius 2 is 1.79 bits per heavy atom. The summed E-state index contributed by atoms with van der Waals surface area (Å²) in [6.07, 6.45) is 3.40. The van der Waals surface area contributed by atoms with Gasteiger partial charge in [-0.05, 0) is 89.6 Å². The van der Waals surface area contributed by atoms with Crippen LogP contribution in [-0.4, -0.2) is 27.5 Å². The van der Waals surface area contributed by atoms with Gasteiger partial charge in [0.05, 0.1) is 20.9 Å². The first-order valence-corrected chi connectivity index (χ1v) is 12.4. The number of aryl methyl sites for hydroxylation is 3. The van der Waals surface area contributed by atoms with Gasteiger partial charge in [0, 0.05) is 0 Å². The number of hydrogen-bond acceptors (Lipinski definition) is 4. The fourth-order valence-electron chi connectivity index (χ4n) is 3.74. The number of unbranched alkanes of at least 4 members (excludes halogenated alkanes) is 1. The fourth-order valence-corrected chi connectivity index (χ4v) is 4.73. The third-order valence-electron chi connectivity index (χ3n) is 5.45. The molecule has 4 aromatic rings. The number of benzene rings is 3. The molecule has 1 aromatic heterocycles. The van der Waals surface area contributed by atoms with Crippen LogP contribution in [0.2, 0.25) is 5.02 Å². The molecule has 176 valence electrons. The van der Waals surface area contributed by atoms with E-state index in [-0.39, 0.29) is 12.5 Å². The molecule has 8 heteroatoms. The smallest absolute Gasteiger partial charge is 0.262 e. The van der Waals surface area contributed by atoms with Crippen molar-refractivity contribution in [3.63, 3.8) is 0 Å². The van der Waals surface area contributed by atoms with E-state index in [1.54, 1.807) is 16.9 Å². The molecule has 1 N–H and O–H groups in total. The largest absolute Gasteiger partial charge is 0.482 e. The lowest BCUT2D eigenvalue weighted by Gasteiger charge is -2.12. The van der Waals surface area contributed by atoms with Gasteiger partial charge in [-0.2, -0.15) is 4.80 Å². The highest BCUT2D eigenvalue weighted by molar-refractivity contribution is 9.10. The second-order valence-electron chi connectivity index (χ2n) is 8.31. The number of hydrogen-bond donors (Lipinski definition) is 1. The lowest BCUT2D eigenvalue weighted by Crippen LogP contribution is -2.20. The highest BCUT2D eigenvalue weighted by Crippen LogP contribution is 2.31. The van der Waals surface area contributed by atoms with Crippen molar-refractivity contribution >= 4 is 50.2 Å². The second-order valence-corrected chi connectivity index (χ2v) is 9.57. The third-order valence-corrected chi connectivity index (χ3v) is 6.35. The zero-order valence-electron chi connectivity index (χ0n) is 19.4. The summed E-state index contributed by atoms with van der Waals surface area (Å²) in [5.74, 6) is 0.328. The fraction of sp³-hybridized carbons (Fsp3) is 0.269. The number of aromatic nitrogens is 3. The summed E-state index contributed by atoms with van der Waals surface area (Å²) in [6.45, 7) is 5.99. The normalized spacial score (nSPS) is 11.1. The first-order chi connectivity index (χ1) is 16.3. The van der Waals surface area contributed by atoms with Gasteiger partial charge in [0.1, 0.15) is 16.8 Å². The predicted octanol–water partition coefficient (Wildman–Crippen LogP) is 6.81. The molecule has 0 aliphatic heterocycles. The van der Waals surface area contributed by atoms with Crippen molar-refractivity contribution in [2.24, 2.45) is 0 Å². The van der Waals surface area contributed by atoms with E-state index in [0.717, 1.165) is 27.7 Å². The van der Waals surface area contributed by atoms with Gasteiger partial charge in [-0.15, -0.1) is 10.2 Å². The molecule has 4 rings (SSSR count). The number of rotatable bonds is 8. The summed E-state index contributed by atoms with van der Waals surface area (Å²) < 4.78 is 6.56. The van der Waals surface area contributed by atoms with Crippen LogP contribution in [-0.2, 0) is 11.2 Å². The minimum Gasteiger partial charge on any atom is -0.482 e. The van der Waals surface area contributed by atoms with Crippen LogP contribution in [0.5, 0.6) is 5.75 Å². The van der Waals surface area contributed by atoms with Crippen LogP contribution in [0.1, 0.15) is 36.5 Å². The molecule has 0 spiro atoms. The number of carbonyl (C=O) groups excluding carboxylic acids is 1. The summed E-state index contributed by atoms with van der Waals surface area (Å²) >= 11 is 9.91. The maximum absolute atomic E-state index is 12.5. The summed E-state index contributed by atoms with van der Waals surface area (Å²) in [5.41, 5.74) is 5.97. The average molecular weight is 542 g/mol. The van der Waals surface area contributed by atoms with Crippen LogP contribution < -0.4 is 10.1 Å². The molecule has 0 aliphatic rings. The molecular weight excluding hydrogens is 516 g/mol. The summed E-state index contributed by atoms with van der Waals surface area (Å²) in [4.78, 5) is 14.1. The molecule has 0 unspecified atom stereocenters. The van der Waals surface area contributed by atoms with Crippen LogP contribution in [0.4, 0.5) is 5.69 Å². The molecule has 0 fully saturated rings. The van der Waals surface area contributed by atoms with Crippen molar-refractivity contribution in [1.29, 1.82) is 0 Å². The van der Waals surface area contributed by atoms with Crippen LogP contribution in [0.25, 0.3) is 16.7 Å². The van der Waals surface area contributed by atoms with E-state index in [4.69, 9.17) is 16.3 Å². The number of halogens is 2. The Labute approximate surface area is 212 Å². The van der Waals surface area contributed by atoms with Crippen molar-refractivity contribution in [1.82, 2.24) is 15.0 Å². The van der Waals surface area contributed by atoms with E-state index in [0.29, 0.717) is 27.5 Å². The molecule has 0 saturated carbocycles. The molecule has 1 heterocycles. The van der Waals surface area contributed by atoms with Crippen LogP contribution in [0.3, 0.4) is 0 Å². The molecular formula is C26H26BrClN4O2. The molecule has 0 aliphatic carbocycles. The average Bonchev–Trinajstić information content (AvgIpc) is 3.20. The SMILES string of the molecule is CCCCc1ccc(-n2nc3cc(Cl)c(NC(=O)COc4c(C)cc(C)cc4Br)cc3n2)cc1. The summed E-state index contributed by atoms with van der Waals surface area (Å²) in [7, 11) is 0. The molecule has 34 heavy (non-hydrogen) atoms. The first kappa shape index (κ1) is 24.2. The monoisotopic (exact) mass is 540 g/mol. The lowest BCUT2D eigenvalue weighted by molar-refractivity contribution is -0.118. The van der Waals surface area contributed by atoms with Gasteiger partial charge in [0.15, 0.2) is 6.61 Å². The molecule has 0 atom stereocenters. The number of fused-ring (bicyclic) bond motifs is 1. The van der Waals surface area contributed by atoms with Gasteiger partial charge >= 0.3 is 0 Å². The topological polar surface area (TPSA) is 69.0 Å². The molecule has 0 radical (unpaired) electrons. The van der Waals surface area contributed by atoms with Crippen LogP contribution in [0.15, 0.2) is 53.0 Å². The van der Waals surface area contributed by atoms with E-state index >= 15 is 0 Å². The van der Waals surface area contributed by atoms with Gasteiger partial charge in [-0.25, -0.2) is 0 Å². The highest BCUT2D eigenvalue weighted by atomic mass is 79.9. The van der Waals surface area contributed by atoms with Gasteiger partial charge in [-0.1, -0.05) is 43.1 Å². The number of carbonyl (C=O) groups is 1. The van der Waals surface area contributed by atoms with E-state index in [9.17, 15) is 4.79 Å². The molecule has 0 saturated heterocycles. The first-order valence-electron chi connectivity index (χ1n) is 11.2. The van der Waals surface area contributed by atoms with E-state index in [1.807, 2.05) is 38.1 Å². The standard InChI is InChI=1S/C26H26BrClN4O2/c1-4-5-6-18-7-9-19(10-8-18)32-30-23-13-21(28)22(14-24(23)31-32)29-25(33)15-34-26-17(3)11-16(2)12-20(26)27/h7-14H,4-6,15H2,1-3H3,(H,29,33).